The van der Waals surface area contributed by atoms with Crippen molar-refractivity contribution >= 4 is 0 Å². The highest BCUT2D eigenvalue weighted by molar-refractivity contribution is 4.72. The molecule has 1 heterocycles. The van der Waals surface area contributed by atoms with Gasteiger partial charge in [0.15, 0.2) is 0 Å². The van der Waals surface area contributed by atoms with E-state index in [1.807, 2.05) is 0 Å². The van der Waals surface area contributed by atoms with Crippen molar-refractivity contribution in [3.05, 3.63) is 0 Å². The molecule has 0 bridgehead atoms. The number of hydrogen-bond acceptors (Lipinski definition) is 3. The first kappa shape index (κ1) is 12.9. The number of hydrogen-bond donors (Lipinski definition) is 2. The first-order valence-electron chi connectivity index (χ1n) is 6.14. The van der Waals surface area contributed by atoms with Crippen LogP contribution in [0.4, 0.5) is 0 Å². The number of aliphatic hydroxyl groups is 1. The van der Waals surface area contributed by atoms with Crippen LogP contribution < -0.4 is 5.32 Å². The molecule has 3 nitrogen and oxygen atoms in total. The summed E-state index contributed by atoms with van der Waals surface area (Å²) in [7, 11) is 0. The van der Waals surface area contributed by atoms with E-state index in [4.69, 9.17) is 4.74 Å². The van der Waals surface area contributed by atoms with Gasteiger partial charge in [0.1, 0.15) is 0 Å². The maximum atomic E-state index is 9.22. The molecular weight excluding hydrogens is 190 g/mol. The lowest BCUT2D eigenvalue weighted by Gasteiger charge is -2.25. The second-order valence-electron chi connectivity index (χ2n) is 4.97. The average molecular weight is 215 g/mol. The van der Waals surface area contributed by atoms with E-state index >= 15 is 0 Å². The molecule has 1 aliphatic heterocycles. The lowest BCUT2D eigenvalue weighted by molar-refractivity contribution is 0.0642. The predicted molar refractivity (Wildman–Crippen MR) is 61.9 cm³/mol. The van der Waals surface area contributed by atoms with Gasteiger partial charge < -0.3 is 15.2 Å². The number of aliphatic hydroxyl groups excluding tert-OH is 1. The van der Waals surface area contributed by atoms with Crippen molar-refractivity contribution in [2.75, 3.05) is 26.4 Å². The van der Waals surface area contributed by atoms with Gasteiger partial charge >= 0.3 is 0 Å². The van der Waals surface area contributed by atoms with Crippen molar-refractivity contribution < 1.29 is 9.84 Å². The third-order valence-corrected chi connectivity index (χ3v) is 3.01. The van der Waals surface area contributed by atoms with E-state index in [1.54, 1.807) is 0 Å². The molecule has 0 amide bonds. The molecule has 2 N–H and O–H groups in total. The minimum Gasteiger partial charge on any atom is -0.395 e. The molecule has 90 valence electrons. The Bertz CT molecular complexity index is 156. The van der Waals surface area contributed by atoms with Crippen LogP contribution in [0, 0.1) is 11.8 Å². The Balaban J connectivity index is 2.14. The standard InChI is InChI=1S/C12H25NO2/c1-10(2)7-12(9-14)13-8-11-3-5-15-6-4-11/h10-14H,3-9H2,1-2H3/t12-/m0/s1. The Labute approximate surface area is 93.2 Å². The Morgan fingerprint density at radius 2 is 2.00 bits per heavy atom. The highest BCUT2D eigenvalue weighted by Gasteiger charge is 2.16. The number of nitrogens with one attached hydrogen (secondary N) is 1. The fraction of sp³-hybridized carbons (Fsp3) is 1.00. The molecule has 0 aromatic rings. The summed E-state index contributed by atoms with van der Waals surface area (Å²) in [4.78, 5) is 0. The zero-order valence-electron chi connectivity index (χ0n) is 10.0. The van der Waals surface area contributed by atoms with Crippen molar-refractivity contribution in [2.24, 2.45) is 11.8 Å². The molecule has 0 aromatic heterocycles. The highest BCUT2D eigenvalue weighted by Crippen LogP contribution is 2.14. The maximum absolute atomic E-state index is 9.22. The van der Waals surface area contributed by atoms with Crippen LogP contribution in [0.5, 0.6) is 0 Å². The number of rotatable bonds is 6. The molecule has 1 atom stereocenters. The minimum atomic E-state index is 0.251. The average Bonchev–Trinajstić information content (AvgIpc) is 2.25. The first-order chi connectivity index (χ1) is 7.22. The van der Waals surface area contributed by atoms with Gasteiger partial charge in [0, 0.05) is 19.3 Å². The van der Waals surface area contributed by atoms with Crippen molar-refractivity contribution in [1.29, 1.82) is 0 Å². The molecule has 0 unspecified atom stereocenters. The van der Waals surface area contributed by atoms with Crippen LogP contribution in [0.15, 0.2) is 0 Å². The Morgan fingerprint density at radius 1 is 1.33 bits per heavy atom. The molecular formula is C12H25NO2. The minimum absolute atomic E-state index is 0.251. The van der Waals surface area contributed by atoms with Gasteiger partial charge in [-0.2, -0.15) is 0 Å². The molecule has 3 heteroatoms. The van der Waals surface area contributed by atoms with Crippen molar-refractivity contribution in [1.82, 2.24) is 5.32 Å². The summed E-state index contributed by atoms with van der Waals surface area (Å²) in [5.41, 5.74) is 0. The monoisotopic (exact) mass is 215 g/mol. The normalized spacial score (nSPS) is 20.8. The molecule has 1 saturated heterocycles. The van der Waals surface area contributed by atoms with Gasteiger partial charge in [-0.15, -0.1) is 0 Å². The van der Waals surface area contributed by atoms with Gasteiger partial charge in [-0.25, -0.2) is 0 Å². The lowest BCUT2D eigenvalue weighted by atomic mass is 9.99. The van der Waals surface area contributed by atoms with E-state index < -0.39 is 0 Å². The van der Waals surface area contributed by atoms with E-state index in [0.717, 1.165) is 44.9 Å². The summed E-state index contributed by atoms with van der Waals surface area (Å²) in [6, 6.07) is 0.271. The van der Waals surface area contributed by atoms with Gasteiger partial charge in [0.2, 0.25) is 0 Å². The van der Waals surface area contributed by atoms with E-state index in [-0.39, 0.29) is 12.6 Å². The zero-order valence-corrected chi connectivity index (χ0v) is 10.0. The molecule has 0 saturated carbocycles. The largest absolute Gasteiger partial charge is 0.395 e. The molecule has 0 aromatic carbocycles. The molecule has 1 rings (SSSR count). The van der Waals surface area contributed by atoms with Crippen LogP contribution in [-0.4, -0.2) is 37.5 Å². The van der Waals surface area contributed by atoms with Gasteiger partial charge in [-0.1, -0.05) is 13.8 Å². The third kappa shape index (κ3) is 5.50. The fourth-order valence-corrected chi connectivity index (χ4v) is 2.08. The maximum Gasteiger partial charge on any atom is 0.0584 e. The fourth-order valence-electron chi connectivity index (χ4n) is 2.08. The van der Waals surface area contributed by atoms with Crippen LogP contribution in [-0.2, 0) is 4.74 Å². The van der Waals surface area contributed by atoms with E-state index in [0.29, 0.717) is 5.92 Å². The Hall–Kier alpha value is -0.120. The molecule has 1 aliphatic rings. The van der Waals surface area contributed by atoms with Crippen LogP contribution in [0.2, 0.25) is 0 Å². The first-order valence-corrected chi connectivity index (χ1v) is 6.14. The summed E-state index contributed by atoms with van der Waals surface area (Å²) in [6.07, 6.45) is 3.37. The number of ether oxygens (including phenoxy) is 1. The molecule has 1 fully saturated rings. The molecule has 0 radical (unpaired) electrons. The van der Waals surface area contributed by atoms with E-state index in [2.05, 4.69) is 19.2 Å². The summed E-state index contributed by atoms with van der Waals surface area (Å²) >= 11 is 0. The third-order valence-electron chi connectivity index (χ3n) is 3.01. The second kappa shape index (κ2) is 7.20. The molecule has 0 spiro atoms. The predicted octanol–water partition coefficient (Wildman–Crippen LogP) is 1.41. The van der Waals surface area contributed by atoms with Crippen LogP contribution >= 0.6 is 0 Å². The van der Waals surface area contributed by atoms with Crippen LogP contribution in [0.3, 0.4) is 0 Å². The van der Waals surface area contributed by atoms with Gasteiger partial charge in [-0.05, 0) is 37.6 Å². The topological polar surface area (TPSA) is 41.5 Å². The van der Waals surface area contributed by atoms with Gasteiger partial charge in [0.25, 0.3) is 0 Å². The van der Waals surface area contributed by atoms with Gasteiger partial charge in [-0.3, -0.25) is 0 Å². The van der Waals surface area contributed by atoms with Crippen LogP contribution in [0.1, 0.15) is 33.1 Å². The van der Waals surface area contributed by atoms with Crippen molar-refractivity contribution in [3.63, 3.8) is 0 Å². The van der Waals surface area contributed by atoms with Gasteiger partial charge in [0.05, 0.1) is 6.61 Å². The summed E-state index contributed by atoms with van der Waals surface area (Å²) in [6.45, 7) is 7.47. The second-order valence-corrected chi connectivity index (χ2v) is 4.97. The smallest absolute Gasteiger partial charge is 0.0584 e. The highest BCUT2D eigenvalue weighted by atomic mass is 16.5. The van der Waals surface area contributed by atoms with Crippen LogP contribution in [0.25, 0.3) is 0 Å². The van der Waals surface area contributed by atoms with Crippen molar-refractivity contribution in [2.45, 2.75) is 39.2 Å². The molecule has 0 aliphatic carbocycles. The Kier molecular flexibility index (Phi) is 6.22. The summed E-state index contributed by atoms with van der Waals surface area (Å²) in [5, 5.41) is 12.7. The summed E-state index contributed by atoms with van der Waals surface area (Å²) in [5.74, 6) is 1.38. The zero-order chi connectivity index (χ0) is 11.1. The SMILES string of the molecule is CC(C)C[C@@H](CO)NCC1CCOCC1. The van der Waals surface area contributed by atoms with E-state index in [9.17, 15) is 5.11 Å². The Morgan fingerprint density at radius 3 is 2.53 bits per heavy atom. The lowest BCUT2D eigenvalue weighted by Crippen LogP contribution is -2.38. The van der Waals surface area contributed by atoms with E-state index in [1.165, 1.54) is 0 Å². The summed E-state index contributed by atoms with van der Waals surface area (Å²) < 4.78 is 5.32. The quantitative estimate of drug-likeness (QED) is 0.704. The van der Waals surface area contributed by atoms with Crippen molar-refractivity contribution in [3.8, 4) is 0 Å². The molecule has 15 heavy (non-hydrogen) atoms.